The van der Waals surface area contributed by atoms with Crippen LogP contribution >= 0.6 is 0 Å². The van der Waals surface area contributed by atoms with Gasteiger partial charge in [0.05, 0.1) is 0 Å². The molecule has 1 aromatic heterocycles. The summed E-state index contributed by atoms with van der Waals surface area (Å²) in [5, 5.41) is 2.93. The van der Waals surface area contributed by atoms with Gasteiger partial charge in [0, 0.05) is 30.9 Å². The zero-order valence-electron chi connectivity index (χ0n) is 10.8. The van der Waals surface area contributed by atoms with Gasteiger partial charge in [-0.05, 0) is 42.5 Å². The SMILES string of the molecule is O=C(NCCc1ncc[nH]1)c1ccc2c(c1)CCC2. The topological polar surface area (TPSA) is 57.8 Å². The summed E-state index contributed by atoms with van der Waals surface area (Å²) < 4.78 is 0. The molecule has 1 heterocycles. The minimum atomic E-state index is 0.00116. The number of hydrogen-bond donors (Lipinski definition) is 2. The molecule has 19 heavy (non-hydrogen) atoms. The van der Waals surface area contributed by atoms with Crippen LogP contribution in [0.4, 0.5) is 0 Å². The normalized spacial score (nSPS) is 13.3. The molecule has 0 unspecified atom stereocenters. The second kappa shape index (κ2) is 5.26. The molecule has 1 aromatic carbocycles. The van der Waals surface area contributed by atoms with Crippen LogP contribution in [0.1, 0.15) is 33.7 Å². The number of H-pyrrole nitrogens is 1. The Balaban J connectivity index is 1.58. The van der Waals surface area contributed by atoms with Crippen molar-refractivity contribution in [2.24, 2.45) is 0 Å². The van der Waals surface area contributed by atoms with Crippen LogP contribution in [0, 0.1) is 0 Å². The fourth-order valence-corrected chi connectivity index (χ4v) is 2.54. The first-order chi connectivity index (χ1) is 9.33. The molecule has 3 rings (SSSR count). The van der Waals surface area contributed by atoms with E-state index in [0.717, 1.165) is 30.7 Å². The summed E-state index contributed by atoms with van der Waals surface area (Å²) in [5.41, 5.74) is 3.49. The average Bonchev–Trinajstić information content (AvgIpc) is 3.08. The Bertz CT molecular complexity index is 575. The Morgan fingerprint density at radius 3 is 3.05 bits per heavy atom. The quantitative estimate of drug-likeness (QED) is 0.876. The first-order valence-electron chi connectivity index (χ1n) is 6.71. The van der Waals surface area contributed by atoms with Gasteiger partial charge in [0.1, 0.15) is 5.82 Å². The number of hydrogen-bond acceptors (Lipinski definition) is 2. The van der Waals surface area contributed by atoms with E-state index in [0.29, 0.717) is 6.54 Å². The fourth-order valence-electron chi connectivity index (χ4n) is 2.54. The molecular weight excluding hydrogens is 238 g/mol. The summed E-state index contributed by atoms with van der Waals surface area (Å²) in [6.45, 7) is 0.601. The van der Waals surface area contributed by atoms with E-state index in [-0.39, 0.29) is 5.91 Å². The van der Waals surface area contributed by atoms with E-state index in [2.05, 4.69) is 21.4 Å². The van der Waals surface area contributed by atoms with E-state index in [1.165, 1.54) is 17.5 Å². The maximum absolute atomic E-state index is 12.0. The number of nitrogens with zero attached hydrogens (tertiary/aromatic N) is 1. The molecule has 0 spiro atoms. The number of aromatic amines is 1. The molecular formula is C15H17N3O. The number of carbonyl (C=O) groups is 1. The van der Waals surface area contributed by atoms with E-state index < -0.39 is 0 Å². The largest absolute Gasteiger partial charge is 0.352 e. The predicted octanol–water partition coefficient (Wildman–Crippen LogP) is 1.87. The van der Waals surface area contributed by atoms with E-state index in [4.69, 9.17) is 0 Å². The van der Waals surface area contributed by atoms with Gasteiger partial charge in [-0.15, -0.1) is 0 Å². The molecule has 4 heteroatoms. The Kier molecular flexibility index (Phi) is 3.31. The number of amides is 1. The van der Waals surface area contributed by atoms with Crippen LogP contribution in [0.3, 0.4) is 0 Å². The molecule has 4 nitrogen and oxygen atoms in total. The highest BCUT2D eigenvalue weighted by molar-refractivity contribution is 5.94. The number of fused-ring (bicyclic) bond motifs is 1. The van der Waals surface area contributed by atoms with E-state index in [1.807, 2.05) is 12.1 Å². The molecule has 0 radical (unpaired) electrons. The lowest BCUT2D eigenvalue weighted by Gasteiger charge is -2.06. The molecule has 0 saturated heterocycles. The van der Waals surface area contributed by atoms with Crippen LogP contribution in [0.25, 0.3) is 0 Å². The van der Waals surface area contributed by atoms with E-state index >= 15 is 0 Å². The van der Waals surface area contributed by atoms with Crippen LogP contribution in [0.5, 0.6) is 0 Å². The van der Waals surface area contributed by atoms with Gasteiger partial charge in [-0.2, -0.15) is 0 Å². The molecule has 1 aliphatic carbocycles. The summed E-state index contributed by atoms with van der Waals surface area (Å²) in [6, 6.07) is 6.04. The Morgan fingerprint density at radius 2 is 2.21 bits per heavy atom. The second-order valence-electron chi connectivity index (χ2n) is 4.88. The number of nitrogens with one attached hydrogen (secondary N) is 2. The van der Waals surface area contributed by atoms with Crippen molar-refractivity contribution < 1.29 is 4.79 Å². The molecule has 0 aliphatic heterocycles. The molecule has 0 fully saturated rings. The third-order valence-corrected chi connectivity index (χ3v) is 3.56. The maximum atomic E-state index is 12.0. The smallest absolute Gasteiger partial charge is 0.251 e. The Hall–Kier alpha value is -2.10. The van der Waals surface area contributed by atoms with Gasteiger partial charge in [0.15, 0.2) is 0 Å². The standard InChI is InChI=1S/C15H17N3O/c19-15(18-7-6-14-16-8-9-17-14)13-5-4-11-2-1-3-12(11)10-13/h4-5,8-10H,1-3,6-7H2,(H,16,17)(H,18,19). The molecule has 0 atom stereocenters. The third kappa shape index (κ3) is 2.67. The van der Waals surface area contributed by atoms with Gasteiger partial charge < -0.3 is 10.3 Å². The summed E-state index contributed by atoms with van der Waals surface area (Å²) in [4.78, 5) is 19.2. The van der Waals surface area contributed by atoms with Crippen molar-refractivity contribution in [2.45, 2.75) is 25.7 Å². The zero-order valence-corrected chi connectivity index (χ0v) is 10.8. The minimum absolute atomic E-state index is 0.00116. The van der Waals surface area contributed by atoms with Crippen molar-refractivity contribution in [3.63, 3.8) is 0 Å². The van der Waals surface area contributed by atoms with Gasteiger partial charge >= 0.3 is 0 Å². The number of aryl methyl sites for hydroxylation is 2. The lowest BCUT2D eigenvalue weighted by Crippen LogP contribution is -2.26. The number of rotatable bonds is 4. The summed E-state index contributed by atoms with van der Waals surface area (Å²) in [5.74, 6) is 0.899. The Labute approximate surface area is 112 Å². The van der Waals surface area contributed by atoms with E-state index in [1.54, 1.807) is 12.4 Å². The van der Waals surface area contributed by atoms with Crippen LogP contribution in [0.15, 0.2) is 30.6 Å². The van der Waals surface area contributed by atoms with Crippen molar-refractivity contribution >= 4 is 5.91 Å². The summed E-state index contributed by atoms with van der Waals surface area (Å²) >= 11 is 0. The molecule has 1 aliphatic rings. The lowest BCUT2D eigenvalue weighted by molar-refractivity contribution is 0.0954. The third-order valence-electron chi connectivity index (χ3n) is 3.56. The predicted molar refractivity (Wildman–Crippen MR) is 73.1 cm³/mol. The number of benzene rings is 1. The zero-order chi connectivity index (χ0) is 13.1. The van der Waals surface area contributed by atoms with Crippen LogP contribution in [0.2, 0.25) is 0 Å². The Morgan fingerprint density at radius 1 is 1.32 bits per heavy atom. The molecule has 1 amide bonds. The van der Waals surface area contributed by atoms with Crippen LogP contribution in [-0.2, 0) is 19.3 Å². The summed E-state index contributed by atoms with van der Waals surface area (Å²) in [7, 11) is 0. The van der Waals surface area contributed by atoms with Gasteiger partial charge in [0.2, 0.25) is 0 Å². The number of imidazole rings is 1. The highest BCUT2D eigenvalue weighted by atomic mass is 16.1. The maximum Gasteiger partial charge on any atom is 0.251 e. The molecule has 0 bridgehead atoms. The molecule has 2 N–H and O–H groups in total. The van der Waals surface area contributed by atoms with Gasteiger partial charge in [-0.1, -0.05) is 6.07 Å². The van der Waals surface area contributed by atoms with Crippen LogP contribution < -0.4 is 5.32 Å². The lowest BCUT2D eigenvalue weighted by atomic mass is 10.1. The van der Waals surface area contributed by atoms with Crippen molar-refractivity contribution in [1.82, 2.24) is 15.3 Å². The number of aromatic nitrogens is 2. The van der Waals surface area contributed by atoms with Crippen molar-refractivity contribution in [3.8, 4) is 0 Å². The average molecular weight is 255 g/mol. The van der Waals surface area contributed by atoms with Gasteiger partial charge in [0.25, 0.3) is 5.91 Å². The molecule has 2 aromatic rings. The minimum Gasteiger partial charge on any atom is -0.352 e. The van der Waals surface area contributed by atoms with Gasteiger partial charge in [-0.3, -0.25) is 4.79 Å². The number of carbonyl (C=O) groups excluding carboxylic acids is 1. The highest BCUT2D eigenvalue weighted by Crippen LogP contribution is 2.22. The monoisotopic (exact) mass is 255 g/mol. The fraction of sp³-hybridized carbons (Fsp3) is 0.333. The van der Waals surface area contributed by atoms with Crippen molar-refractivity contribution in [3.05, 3.63) is 53.1 Å². The molecule has 0 saturated carbocycles. The van der Waals surface area contributed by atoms with Crippen LogP contribution in [-0.4, -0.2) is 22.4 Å². The first-order valence-corrected chi connectivity index (χ1v) is 6.71. The highest BCUT2D eigenvalue weighted by Gasteiger charge is 2.13. The molecule has 98 valence electrons. The van der Waals surface area contributed by atoms with Crippen molar-refractivity contribution in [2.75, 3.05) is 6.54 Å². The first kappa shape index (κ1) is 12.0. The second-order valence-corrected chi connectivity index (χ2v) is 4.88. The van der Waals surface area contributed by atoms with E-state index in [9.17, 15) is 4.79 Å². The van der Waals surface area contributed by atoms with Crippen molar-refractivity contribution in [1.29, 1.82) is 0 Å². The van der Waals surface area contributed by atoms with Gasteiger partial charge in [-0.25, -0.2) is 4.98 Å². The summed E-state index contributed by atoms with van der Waals surface area (Å²) in [6.07, 6.45) is 7.69.